The van der Waals surface area contributed by atoms with Crippen molar-refractivity contribution in [3.63, 3.8) is 0 Å². The smallest absolute Gasteiger partial charge is 0.254 e. The standard InChI is InChI=1S/C14H18ClNO2/c15-10-11-3-1-4-12(9-11)14(18)16-7-2-5-13(16)6-8-17/h1,3-4,9,13,17H,2,5-8,10H2. The van der Waals surface area contributed by atoms with E-state index in [2.05, 4.69) is 0 Å². The van der Waals surface area contributed by atoms with Crippen molar-refractivity contribution in [2.75, 3.05) is 13.2 Å². The average Bonchev–Trinajstić information content (AvgIpc) is 2.86. The number of aliphatic hydroxyl groups excluding tert-OH is 1. The molecule has 1 aromatic rings. The van der Waals surface area contributed by atoms with Crippen molar-refractivity contribution < 1.29 is 9.90 Å². The first-order chi connectivity index (χ1) is 8.76. The fraction of sp³-hybridized carbons (Fsp3) is 0.500. The number of rotatable bonds is 4. The van der Waals surface area contributed by atoms with Crippen molar-refractivity contribution in [2.45, 2.75) is 31.2 Å². The quantitative estimate of drug-likeness (QED) is 0.851. The zero-order valence-electron chi connectivity index (χ0n) is 10.3. The van der Waals surface area contributed by atoms with Gasteiger partial charge < -0.3 is 10.0 Å². The number of alkyl halides is 1. The first-order valence-corrected chi connectivity index (χ1v) is 6.86. The van der Waals surface area contributed by atoms with E-state index >= 15 is 0 Å². The van der Waals surface area contributed by atoms with Gasteiger partial charge in [0.25, 0.3) is 5.91 Å². The first-order valence-electron chi connectivity index (χ1n) is 6.33. The van der Waals surface area contributed by atoms with Crippen LogP contribution in [0.25, 0.3) is 0 Å². The summed E-state index contributed by atoms with van der Waals surface area (Å²) in [5.74, 6) is 0.471. The largest absolute Gasteiger partial charge is 0.396 e. The van der Waals surface area contributed by atoms with E-state index in [4.69, 9.17) is 16.7 Å². The molecule has 1 saturated heterocycles. The number of likely N-dealkylation sites (tertiary alicyclic amines) is 1. The Labute approximate surface area is 112 Å². The minimum atomic E-state index is 0.0536. The fourth-order valence-electron chi connectivity index (χ4n) is 2.51. The highest BCUT2D eigenvalue weighted by Gasteiger charge is 2.28. The second kappa shape index (κ2) is 6.21. The van der Waals surface area contributed by atoms with Crippen LogP contribution in [0.1, 0.15) is 35.2 Å². The van der Waals surface area contributed by atoms with E-state index in [9.17, 15) is 4.79 Å². The number of benzene rings is 1. The van der Waals surface area contributed by atoms with Crippen molar-refractivity contribution in [1.82, 2.24) is 4.90 Å². The minimum absolute atomic E-state index is 0.0536. The Balaban J connectivity index is 2.14. The highest BCUT2D eigenvalue weighted by Crippen LogP contribution is 2.22. The van der Waals surface area contributed by atoms with Crippen LogP contribution in [0.4, 0.5) is 0 Å². The van der Waals surface area contributed by atoms with Gasteiger partial charge >= 0.3 is 0 Å². The van der Waals surface area contributed by atoms with Crippen molar-refractivity contribution in [3.05, 3.63) is 35.4 Å². The third-order valence-corrected chi connectivity index (χ3v) is 3.74. The van der Waals surface area contributed by atoms with Gasteiger partial charge in [-0.1, -0.05) is 12.1 Å². The maximum absolute atomic E-state index is 12.4. The number of aliphatic hydroxyl groups is 1. The molecule has 1 fully saturated rings. The molecule has 0 spiro atoms. The van der Waals surface area contributed by atoms with Gasteiger partial charge in [0.15, 0.2) is 0 Å². The van der Waals surface area contributed by atoms with Crippen LogP contribution >= 0.6 is 11.6 Å². The SMILES string of the molecule is O=C(c1cccc(CCl)c1)N1CCCC1CCO. The lowest BCUT2D eigenvalue weighted by atomic mass is 10.1. The van der Waals surface area contributed by atoms with Crippen LogP contribution < -0.4 is 0 Å². The molecular formula is C14H18ClNO2. The van der Waals surface area contributed by atoms with Gasteiger partial charge in [-0.15, -0.1) is 11.6 Å². The Hall–Kier alpha value is -1.06. The van der Waals surface area contributed by atoms with Gasteiger partial charge in [-0.2, -0.15) is 0 Å². The van der Waals surface area contributed by atoms with E-state index in [-0.39, 0.29) is 18.6 Å². The summed E-state index contributed by atoms with van der Waals surface area (Å²) in [4.78, 5) is 14.3. The highest BCUT2D eigenvalue weighted by atomic mass is 35.5. The van der Waals surface area contributed by atoms with Gasteiger partial charge in [0.1, 0.15) is 0 Å². The summed E-state index contributed by atoms with van der Waals surface area (Å²) >= 11 is 5.78. The van der Waals surface area contributed by atoms with Crippen LogP contribution in [-0.4, -0.2) is 35.1 Å². The van der Waals surface area contributed by atoms with Crippen LogP contribution in [0.2, 0.25) is 0 Å². The second-order valence-electron chi connectivity index (χ2n) is 4.64. The molecule has 1 heterocycles. The number of amides is 1. The van der Waals surface area contributed by atoms with Crippen molar-refractivity contribution in [2.24, 2.45) is 0 Å². The highest BCUT2D eigenvalue weighted by molar-refractivity contribution is 6.17. The minimum Gasteiger partial charge on any atom is -0.396 e. The molecule has 0 radical (unpaired) electrons. The summed E-state index contributed by atoms with van der Waals surface area (Å²) in [5, 5.41) is 9.02. The predicted molar refractivity (Wildman–Crippen MR) is 71.8 cm³/mol. The summed E-state index contributed by atoms with van der Waals surface area (Å²) in [5.41, 5.74) is 1.65. The van der Waals surface area contributed by atoms with E-state index in [1.54, 1.807) is 0 Å². The van der Waals surface area contributed by atoms with E-state index in [0.29, 0.717) is 17.9 Å². The monoisotopic (exact) mass is 267 g/mol. The third-order valence-electron chi connectivity index (χ3n) is 3.43. The van der Waals surface area contributed by atoms with Gasteiger partial charge in [0.05, 0.1) is 0 Å². The Bertz CT molecular complexity index is 422. The molecule has 98 valence electrons. The van der Waals surface area contributed by atoms with E-state index < -0.39 is 0 Å². The Morgan fingerprint density at radius 2 is 2.33 bits per heavy atom. The molecule has 3 nitrogen and oxygen atoms in total. The first kappa shape index (κ1) is 13.4. The van der Waals surface area contributed by atoms with E-state index in [0.717, 1.165) is 24.9 Å². The molecule has 0 aromatic heterocycles. The number of carbonyl (C=O) groups excluding carboxylic acids is 1. The molecule has 1 aliphatic rings. The Morgan fingerprint density at radius 3 is 3.06 bits per heavy atom. The van der Waals surface area contributed by atoms with Crippen molar-refractivity contribution >= 4 is 17.5 Å². The lowest BCUT2D eigenvalue weighted by Crippen LogP contribution is -2.36. The molecule has 18 heavy (non-hydrogen) atoms. The van der Waals surface area contributed by atoms with Crippen LogP contribution in [0.3, 0.4) is 0 Å². The average molecular weight is 268 g/mol. The van der Waals surface area contributed by atoms with Crippen molar-refractivity contribution in [1.29, 1.82) is 0 Å². The van der Waals surface area contributed by atoms with Crippen LogP contribution in [-0.2, 0) is 5.88 Å². The summed E-state index contributed by atoms with van der Waals surface area (Å²) in [7, 11) is 0. The maximum atomic E-state index is 12.4. The number of nitrogens with zero attached hydrogens (tertiary/aromatic N) is 1. The van der Waals surface area contributed by atoms with Gasteiger partial charge in [0.2, 0.25) is 0 Å². The third kappa shape index (κ3) is 2.85. The predicted octanol–water partition coefficient (Wildman–Crippen LogP) is 2.41. The van der Waals surface area contributed by atoms with E-state index in [1.807, 2.05) is 29.2 Å². The van der Waals surface area contributed by atoms with Crippen molar-refractivity contribution in [3.8, 4) is 0 Å². The fourth-order valence-corrected chi connectivity index (χ4v) is 2.67. The molecule has 0 aliphatic carbocycles. The molecular weight excluding hydrogens is 250 g/mol. The summed E-state index contributed by atoms with van der Waals surface area (Å²) in [6, 6.07) is 7.64. The van der Waals surface area contributed by atoms with Gasteiger partial charge in [-0.3, -0.25) is 4.79 Å². The summed E-state index contributed by atoms with van der Waals surface area (Å²) < 4.78 is 0. The van der Waals surface area contributed by atoms with Crippen LogP contribution in [0.15, 0.2) is 24.3 Å². The van der Waals surface area contributed by atoms with Gasteiger partial charge in [-0.25, -0.2) is 0 Å². The van der Waals surface area contributed by atoms with Gasteiger partial charge in [-0.05, 0) is 37.0 Å². The second-order valence-corrected chi connectivity index (χ2v) is 4.91. The summed E-state index contributed by atoms with van der Waals surface area (Å²) in [6.45, 7) is 0.921. The molecule has 1 aromatic carbocycles. The molecule has 1 amide bonds. The Morgan fingerprint density at radius 1 is 1.50 bits per heavy atom. The van der Waals surface area contributed by atoms with Gasteiger partial charge in [0, 0.05) is 30.6 Å². The van der Waals surface area contributed by atoms with Crippen LogP contribution in [0.5, 0.6) is 0 Å². The number of hydrogen-bond donors (Lipinski definition) is 1. The number of halogens is 1. The van der Waals surface area contributed by atoms with E-state index in [1.165, 1.54) is 0 Å². The lowest BCUT2D eigenvalue weighted by molar-refractivity contribution is 0.0716. The zero-order valence-corrected chi connectivity index (χ0v) is 11.1. The van der Waals surface area contributed by atoms with Crippen LogP contribution in [0, 0.1) is 0 Å². The Kier molecular flexibility index (Phi) is 4.61. The topological polar surface area (TPSA) is 40.5 Å². The molecule has 1 unspecified atom stereocenters. The number of hydrogen-bond acceptors (Lipinski definition) is 2. The molecule has 0 saturated carbocycles. The lowest BCUT2D eigenvalue weighted by Gasteiger charge is -2.24. The maximum Gasteiger partial charge on any atom is 0.254 e. The molecule has 4 heteroatoms. The summed E-state index contributed by atoms with van der Waals surface area (Å²) in [6.07, 6.45) is 2.67. The normalized spacial score (nSPS) is 19.2. The number of carbonyl (C=O) groups is 1. The zero-order chi connectivity index (χ0) is 13.0. The molecule has 1 aliphatic heterocycles. The molecule has 1 N–H and O–H groups in total. The molecule has 2 rings (SSSR count). The molecule has 1 atom stereocenters. The molecule has 0 bridgehead atoms.